The third kappa shape index (κ3) is 3.61. The van der Waals surface area contributed by atoms with Crippen molar-refractivity contribution in [3.05, 3.63) is 23.5 Å². The number of hydrogen-bond donors (Lipinski definition) is 1. The molecule has 0 unspecified atom stereocenters. The summed E-state index contributed by atoms with van der Waals surface area (Å²) in [6.07, 6.45) is 5.24. The largest absolute Gasteiger partial charge is 0.480 e. The molecule has 1 atom stereocenters. The lowest BCUT2D eigenvalue weighted by Crippen LogP contribution is -2.55. The van der Waals surface area contributed by atoms with Crippen molar-refractivity contribution in [3.8, 4) is 6.07 Å². The van der Waals surface area contributed by atoms with Crippen molar-refractivity contribution >= 4 is 11.9 Å². The lowest BCUT2D eigenvalue weighted by Gasteiger charge is -2.48. The minimum absolute atomic E-state index is 0.0405. The fourth-order valence-corrected chi connectivity index (χ4v) is 4.21. The van der Waals surface area contributed by atoms with Gasteiger partial charge in [0.25, 0.3) is 0 Å². The van der Waals surface area contributed by atoms with Crippen LogP contribution in [0.1, 0.15) is 43.9 Å². The first-order valence-electron chi connectivity index (χ1n) is 9.13. The summed E-state index contributed by atoms with van der Waals surface area (Å²) in [5, 5.41) is 18.3. The third-order valence-electron chi connectivity index (χ3n) is 6.02. The van der Waals surface area contributed by atoms with Crippen molar-refractivity contribution in [2.24, 2.45) is 12.5 Å². The van der Waals surface area contributed by atoms with Crippen molar-refractivity contribution in [2.75, 3.05) is 19.6 Å². The molecule has 1 aromatic rings. The molecule has 2 aliphatic heterocycles. The minimum atomic E-state index is -0.940. The second kappa shape index (κ2) is 7.12. The highest BCUT2D eigenvalue weighted by atomic mass is 16.4. The zero-order valence-electron chi connectivity index (χ0n) is 15.4. The number of likely N-dealkylation sites (tertiary alicyclic amines) is 2. The van der Waals surface area contributed by atoms with Crippen molar-refractivity contribution < 1.29 is 14.7 Å². The molecule has 1 amide bonds. The minimum Gasteiger partial charge on any atom is -0.480 e. The van der Waals surface area contributed by atoms with E-state index in [-0.39, 0.29) is 11.3 Å². The molecule has 26 heavy (non-hydrogen) atoms. The van der Waals surface area contributed by atoms with Crippen LogP contribution in [0, 0.1) is 16.7 Å². The molecule has 0 aliphatic carbocycles. The van der Waals surface area contributed by atoms with Crippen molar-refractivity contribution in [3.63, 3.8) is 0 Å². The fourth-order valence-electron chi connectivity index (χ4n) is 4.21. The Labute approximate surface area is 153 Å². The van der Waals surface area contributed by atoms with E-state index in [4.69, 9.17) is 5.26 Å². The van der Waals surface area contributed by atoms with Crippen LogP contribution in [0.4, 0.5) is 0 Å². The lowest BCUT2D eigenvalue weighted by molar-refractivity contribution is -0.155. The van der Waals surface area contributed by atoms with Gasteiger partial charge in [-0.25, -0.2) is 4.79 Å². The highest BCUT2D eigenvalue weighted by Gasteiger charge is 2.43. The van der Waals surface area contributed by atoms with Crippen molar-refractivity contribution in [1.29, 1.82) is 5.26 Å². The number of rotatable bonds is 4. The van der Waals surface area contributed by atoms with Crippen molar-refractivity contribution in [2.45, 2.75) is 45.2 Å². The monoisotopic (exact) mass is 358 g/mol. The molecule has 2 fully saturated rings. The SMILES string of the molecule is C[C@@H](C(=O)O)N1CC2(CCC1=O)CCN(Cc1cc(C#N)n(C)c1)CC2. The molecular weight excluding hydrogens is 332 g/mol. The smallest absolute Gasteiger partial charge is 0.326 e. The van der Waals surface area contributed by atoms with Gasteiger partial charge in [-0.05, 0) is 56.3 Å². The summed E-state index contributed by atoms with van der Waals surface area (Å²) in [5.74, 6) is -0.980. The van der Waals surface area contributed by atoms with E-state index >= 15 is 0 Å². The van der Waals surface area contributed by atoms with E-state index in [1.807, 2.05) is 23.9 Å². The van der Waals surface area contributed by atoms with Gasteiger partial charge >= 0.3 is 5.97 Å². The van der Waals surface area contributed by atoms with E-state index in [0.29, 0.717) is 18.7 Å². The third-order valence-corrected chi connectivity index (χ3v) is 6.02. The molecule has 7 heteroatoms. The average molecular weight is 358 g/mol. The van der Waals surface area contributed by atoms with E-state index in [0.717, 1.165) is 44.5 Å². The number of amides is 1. The predicted molar refractivity (Wildman–Crippen MR) is 95.1 cm³/mol. The van der Waals surface area contributed by atoms with Crippen LogP contribution in [-0.2, 0) is 23.2 Å². The maximum atomic E-state index is 12.2. The van der Waals surface area contributed by atoms with Crippen LogP contribution in [0.2, 0.25) is 0 Å². The Hall–Kier alpha value is -2.33. The Kier molecular flexibility index (Phi) is 5.05. The Morgan fingerprint density at radius 3 is 2.65 bits per heavy atom. The summed E-state index contributed by atoms with van der Waals surface area (Å²) in [6.45, 7) is 4.83. The molecule has 2 saturated heterocycles. The maximum Gasteiger partial charge on any atom is 0.326 e. The number of nitriles is 1. The van der Waals surface area contributed by atoms with E-state index in [2.05, 4.69) is 11.0 Å². The van der Waals surface area contributed by atoms with E-state index < -0.39 is 12.0 Å². The molecule has 0 saturated carbocycles. The molecule has 0 bridgehead atoms. The molecular formula is C19H26N4O3. The maximum absolute atomic E-state index is 12.2. The van der Waals surface area contributed by atoms with Crippen LogP contribution < -0.4 is 0 Å². The van der Waals surface area contributed by atoms with Gasteiger partial charge in [-0.15, -0.1) is 0 Å². The Morgan fingerprint density at radius 2 is 2.08 bits per heavy atom. The fraction of sp³-hybridized carbons (Fsp3) is 0.632. The van der Waals surface area contributed by atoms with Crippen molar-refractivity contribution in [1.82, 2.24) is 14.4 Å². The van der Waals surface area contributed by atoms with Crippen LogP contribution in [0.3, 0.4) is 0 Å². The summed E-state index contributed by atoms with van der Waals surface area (Å²) >= 11 is 0. The Morgan fingerprint density at radius 1 is 1.38 bits per heavy atom. The number of carbonyl (C=O) groups is 2. The molecule has 1 aromatic heterocycles. The second-order valence-corrected chi connectivity index (χ2v) is 7.77. The predicted octanol–water partition coefficient (Wildman–Crippen LogP) is 1.57. The number of hydrogen-bond acceptors (Lipinski definition) is 4. The van der Waals surface area contributed by atoms with Gasteiger partial charge in [0.05, 0.1) is 0 Å². The number of carbonyl (C=O) groups excluding carboxylic acids is 1. The number of carboxylic acids is 1. The number of aryl methyl sites for hydroxylation is 1. The highest BCUT2D eigenvalue weighted by molar-refractivity contribution is 5.84. The number of nitrogens with zero attached hydrogens (tertiary/aromatic N) is 4. The van der Waals surface area contributed by atoms with Crippen LogP contribution in [0.5, 0.6) is 0 Å². The summed E-state index contributed by atoms with van der Waals surface area (Å²) in [5.41, 5.74) is 1.85. The first-order chi connectivity index (χ1) is 12.3. The number of aliphatic carboxylic acids is 1. The first kappa shape index (κ1) is 18.5. The van der Waals surface area contributed by atoms with Gasteiger partial charge in [-0.1, -0.05) is 0 Å². The molecule has 3 rings (SSSR count). The van der Waals surface area contributed by atoms with E-state index in [1.54, 1.807) is 11.8 Å². The Bertz CT molecular complexity index is 740. The summed E-state index contributed by atoms with van der Waals surface area (Å²) in [7, 11) is 1.88. The van der Waals surface area contributed by atoms with Gasteiger partial charge < -0.3 is 14.6 Å². The van der Waals surface area contributed by atoms with Gasteiger partial charge in [-0.2, -0.15) is 5.26 Å². The standard InChI is InChI=1S/C19H26N4O3/c1-14(18(25)26)23-13-19(4-3-17(23)24)5-7-22(8-6-19)12-15-9-16(10-20)21(2)11-15/h9,11,14H,3-8,12-13H2,1-2H3,(H,25,26)/t14-/m0/s1. The highest BCUT2D eigenvalue weighted by Crippen LogP contribution is 2.41. The molecule has 140 valence electrons. The molecule has 0 radical (unpaired) electrons. The van der Waals surface area contributed by atoms with Gasteiger partial charge in [0.2, 0.25) is 5.91 Å². The number of carboxylic acid groups (broad SMARTS) is 1. The van der Waals surface area contributed by atoms with E-state index in [9.17, 15) is 14.7 Å². The first-order valence-corrected chi connectivity index (χ1v) is 9.13. The normalized spacial score (nSPS) is 21.6. The summed E-state index contributed by atoms with van der Waals surface area (Å²) in [4.78, 5) is 27.4. The number of aromatic nitrogens is 1. The topological polar surface area (TPSA) is 89.6 Å². The molecule has 1 N–H and O–H groups in total. The van der Waals surface area contributed by atoms with Crippen LogP contribution >= 0.6 is 0 Å². The second-order valence-electron chi connectivity index (χ2n) is 7.77. The molecule has 7 nitrogen and oxygen atoms in total. The van der Waals surface area contributed by atoms with Gasteiger partial charge in [0.1, 0.15) is 17.8 Å². The molecule has 2 aliphatic rings. The summed E-state index contributed by atoms with van der Waals surface area (Å²) < 4.78 is 1.85. The molecule has 1 spiro atoms. The lowest BCUT2D eigenvalue weighted by atomic mass is 9.72. The van der Waals surface area contributed by atoms with Gasteiger partial charge in [-0.3, -0.25) is 9.69 Å². The van der Waals surface area contributed by atoms with Crippen LogP contribution in [0.25, 0.3) is 0 Å². The summed E-state index contributed by atoms with van der Waals surface area (Å²) in [6, 6.07) is 3.36. The molecule has 0 aromatic carbocycles. The average Bonchev–Trinajstić information content (AvgIpc) is 2.98. The number of piperidine rings is 2. The quantitative estimate of drug-likeness (QED) is 0.882. The Balaban J connectivity index is 1.61. The van der Waals surface area contributed by atoms with Crippen LogP contribution in [-0.4, -0.2) is 57.0 Å². The van der Waals surface area contributed by atoms with Gasteiger partial charge in [0, 0.05) is 32.8 Å². The molecule has 3 heterocycles. The van der Waals surface area contributed by atoms with E-state index in [1.165, 1.54) is 0 Å². The zero-order valence-corrected chi connectivity index (χ0v) is 15.4. The van der Waals surface area contributed by atoms with Gasteiger partial charge in [0.15, 0.2) is 0 Å². The van der Waals surface area contributed by atoms with Crippen LogP contribution in [0.15, 0.2) is 12.3 Å². The zero-order chi connectivity index (χ0) is 18.9.